The van der Waals surface area contributed by atoms with Gasteiger partial charge in [-0.25, -0.2) is 0 Å². The summed E-state index contributed by atoms with van der Waals surface area (Å²) in [7, 11) is 0. The third-order valence-corrected chi connectivity index (χ3v) is 12.5. The van der Waals surface area contributed by atoms with E-state index in [2.05, 4.69) is 185 Å². The summed E-state index contributed by atoms with van der Waals surface area (Å²) in [5.41, 5.74) is 13.6. The summed E-state index contributed by atoms with van der Waals surface area (Å²) >= 11 is 0. The van der Waals surface area contributed by atoms with Crippen molar-refractivity contribution in [2.45, 2.75) is 0 Å². The first-order valence-electron chi connectivity index (χ1n) is 24.1. The molecule has 0 amide bonds. The predicted octanol–water partition coefficient (Wildman–Crippen LogP) is 17.2. The van der Waals surface area contributed by atoms with Crippen molar-refractivity contribution in [2.24, 2.45) is 0 Å². The lowest BCUT2D eigenvalue weighted by Gasteiger charge is -2.26. The van der Waals surface area contributed by atoms with Crippen molar-refractivity contribution < 1.29 is 6.85 Å². The molecule has 2 nitrogen and oxygen atoms in total. The molecular weight excluding hydrogens is 773 g/mol. The Balaban J connectivity index is 0.988. The number of rotatable bonds is 8. The molecule has 1 aromatic heterocycles. The van der Waals surface area contributed by atoms with Crippen molar-refractivity contribution in [1.29, 1.82) is 0 Å². The highest BCUT2D eigenvalue weighted by atomic mass is 15.1. The van der Waals surface area contributed by atoms with Crippen LogP contribution in [0.2, 0.25) is 0 Å². The van der Waals surface area contributed by atoms with E-state index in [1.54, 1.807) is 0 Å². The molecule has 0 bridgehead atoms. The first-order chi connectivity index (χ1) is 33.8. The van der Waals surface area contributed by atoms with Gasteiger partial charge in [0.05, 0.1) is 17.9 Å². The summed E-state index contributed by atoms with van der Waals surface area (Å²) in [6, 6.07) is 77.2. The topological polar surface area (TPSA) is 8.17 Å². The highest BCUT2D eigenvalue weighted by molar-refractivity contribution is 6.32. The van der Waals surface area contributed by atoms with Crippen molar-refractivity contribution in [2.75, 3.05) is 4.90 Å². The summed E-state index contributed by atoms with van der Waals surface area (Å²) in [6.45, 7) is 0. The van der Waals surface area contributed by atoms with E-state index in [9.17, 15) is 0 Å². The molecule has 0 spiro atoms. The molecule has 12 rings (SSSR count). The van der Waals surface area contributed by atoms with Gasteiger partial charge in [0, 0.05) is 38.9 Å². The highest BCUT2D eigenvalue weighted by Crippen LogP contribution is 2.44. The van der Waals surface area contributed by atoms with E-state index in [1.165, 1.54) is 49.0 Å². The van der Waals surface area contributed by atoms with E-state index in [0.29, 0.717) is 5.56 Å². The minimum absolute atomic E-state index is 0.178. The Kier molecular flexibility index (Phi) is 7.96. The van der Waals surface area contributed by atoms with E-state index >= 15 is 0 Å². The van der Waals surface area contributed by atoms with Crippen LogP contribution in [0.3, 0.4) is 0 Å². The van der Waals surface area contributed by atoms with Crippen molar-refractivity contribution >= 4 is 60.4 Å². The summed E-state index contributed by atoms with van der Waals surface area (Å²) in [5.74, 6) is 0. The van der Waals surface area contributed by atoms with E-state index in [4.69, 9.17) is 6.85 Å². The minimum Gasteiger partial charge on any atom is -0.311 e. The van der Waals surface area contributed by atoms with Gasteiger partial charge in [-0.1, -0.05) is 200 Å². The Morgan fingerprint density at radius 2 is 0.719 bits per heavy atom. The maximum atomic E-state index is 8.61. The van der Waals surface area contributed by atoms with E-state index in [-0.39, 0.29) is 29.7 Å². The number of nitrogens with zero attached hydrogens (tertiary/aromatic N) is 2. The van der Waals surface area contributed by atoms with Gasteiger partial charge in [-0.05, 0) is 115 Å². The fourth-order valence-electron chi connectivity index (χ4n) is 9.41. The van der Waals surface area contributed by atoms with Crippen LogP contribution in [0.4, 0.5) is 17.1 Å². The zero-order chi connectivity index (χ0) is 46.8. The third kappa shape index (κ3) is 6.52. The van der Waals surface area contributed by atoms with Crippen molar-refractivity contribution in [3.8, 4) is 50.2 Å². The third-order valence-electron chi connectivity index (χ3n) is 12.5. The van der Waals surface area contributed by atoms with Gasteiger partial charge in [-0.2, -0.15) is 0 Å². The first kappa shape index (κ1) is 32.3. The van der Waals surface area contributed by atoms with Crippen LogP contribution in [0, 0.1) is 0 Å². The number of fused-ring (bicyclic) bond motifs is 8. The molecule has 0 saturated carbocycles. The van der Waals surface area contributed by atoms with Gasteiger partial charge in [0.2, 0.25) is 0 Å². The zero-order valence-electron chi connectivity index (χ0n) is 39.8. The second-order valence-corrected chi connectivity index (χ2v) is 16.1. The molecule has 11 aromatic carbocycles. The SMILES string of the molecule is [2H]c1c([2H])c([2H])c(-c2ccc(N(c3ccc(-c4ccccc4)cc3)c3ccc(-c4ccc5c6c7ccccc7c7ccccc7c6n(-c6ccc(-c7ccccc7)cc6)c5c4)cc3)cc2)c([2H])c1[2H]. The molecule has 300 valence electrons. The molecule has 2 heteroatoms. The Morgan fingerprint density at radius 3 is 1.27 bits per heavy atom. The number of benzene rings is 11. The zero-order valence-corrected chi connectivity index (χ0v) is 34.8. The normalized spacial score (nSPS) is 12.5. The number of hydrogen-bond acceptors (Lipinski definition) is 1. The summed E-state index contributed by atoms with van der Waals surface area (Å²) in [5, 5.41) is 7.33. The first-order valence-corrected chi connectivity index (χ1v) is 21.6. The van der Waals surface area contributed by atoms with Crippen LogP contribution < -0.4 is 4.90 Å². The Bertz CT molecular complexity index is 3880. The molecule has 0 aliphatic heterocycles. The molecule has 0 unspecified atom stereocenters. The number of hydrogen-bond donors (Lipinski definition) is 0. The fraction of sp³-hybridized carbons (Fsp3) is 0. The highest BCUT2D eigenvalue weighted by Gasteiger charge is 2.20. The van der Waals surface area contributed by atoms with E-state index in [0.717, 1.165) is 50.5 Å². The van der Waals surface area contributed by atoms with Gasteiger partial charge in [-0.15, -0.1) is 0 Å². The van der Waals surface area contributed by atoms with Gasteiger partial charge in [0.1, 0.15) is 0 Å². The minimum atomic E-state index is -0.405. The molecule has 0 N–H and O–H groups in total. The lowest BCUT2D eigenvalue weighted by atomic mass is 9.96. The fourth-order valence-corrected chi connectivity index (χ4v) is 9.41. The molecule has 0 saturated heterocycles. The second kappa shape index (κ2) is 15.8. The van der Waals surface area contributed by atoms with Gasteiger partial charge < -0.3 is 9.47 Å². The molecule has 0 radical (unpaired) electrons. The monoisotopic (exact) mass is 819 g/mol. The molecule has 12 aromatic rings. The van der Waals surface area contributed by atoms with Gasteiger partial charge in [0.15, 0.2) is 0 Å². The second-order valence-electron chi connectivity index (χ2n) is 16.1. The Hall–Kier alpha value is -8.46. The molecular formula is C62H42N2. The Morgan fingerprint density at radius 1 is 0.312 bits per heavy atom. The Labute approximate surface area is 380 Å². The van der Waals surface area contributed by atoms with Crippen LogP contribution in [-0.4, -0.2) is 4.57 Å². The molecule has 1 heterocycles. The molecule has 64 heavy (non-hydrogen) atoms. The number of anilines is 3. The molecule has 0 fully saturated rings. The van der Waals surface area contributed by atoms with Crippen LogP contribution in [0.25, 0.3) is 93.5 Å². The van der Waals surface area contributed by atoms with Crippen molar-refractivity contribution in [1.82, 2.24) is 4.57 Å². The smallest absolute Gasteiger partial charge is 0.0629 e. The quantitative estimate of drug-likeness (QED) is 0.139. The molecule has 0 aliphatic carbocycles. The van der Waals surface area contributed by atoms with Crippen LogP contribution in [0.15, 0.2) is 255 Å². The summed E-state index contributed by atoms with van der Waals surface area (Å²) < 4.78 is 44.3. The predicted molar refractivity (Wildman–Crippen MR) is 272 cm³/mol. The van der Waals surface area contributed by atoms with Gasteiger partial charge in [0.25, 0.3) is 0 Å². The average Bonchev–Trinajstić information content (AvgIpc) is 3.76. The van der Waals surface area contributed by atoms with Crippen molar-refractivity contribution in [3.05, 3.63) is 255 Å². The van der Waals surface area contributed by atoms with Crippen LogP contribution in [0.1, 0.15) is 6.85 Å². The van der Waals surface area contributed by atoms with Gasteiger partial charge in [-0.3, -0.25) is 0 Å². The number of aromatic nitrogens is 1. The largest absolute Gasteiger partial charge is 0.311 e. The summed E-state index contributed by atoms with van der Waals surface area (Å²) in [4.78, 5) is 2.18. The van der Waals surface area contributed by atoms with E-state index in [1.807, 2.05) is 48.5 Å². The van der Waals surface area contributed by atoms with Crippen molar-refractivity contribution in [3.63, 3.8) is 0 Å². The van der Waals surface area contributed by atoms with Crippen LogP contribution in [0.5, 0.6) is 0 Å². The van der Waals surface area contributed by atoms with E-state index < -0.39 is 6.04 Å². The maximum Gasteiger partial charge on any atom is 0.0629 e. The van der Waals surface area contributed by atoms with Crippen LogP contribution >= 0.6 is 0 Å². The summed E-state index contributed by atoms with van der Waals surface area (Å²) in [6.07, 6.45) is 0. The molecule has 0 atom stereocenters. The van der Waals surface area contributed by atoms with Gasteiger partial charge >= 0.3 is 0 Å². The lowest BCUT2D eigenvalue weighted by molar-refractivity contribution is 1.19. The lowest BCUT2D eigenvalue weighted by Crippen LogP contribution is -2.09. The molecule has 0 aliphatic rings. The average molecular weight is 820 g/mol. The maximum absolute atomic E-state index is 8.61. The van der Waals surface area contributed by atoms with Crippen LogP contribution in [-0.2, 0) is 0 Å². The standard InChI is InChI=1S/C62H42N2/c1-4-14-43(15-5-1)46-24-33-51(34-25-46)63(52-35-26-47(27-36-52)44-16-6-2-7-17-44)53-37-30-49(31-38-53)50-32-41-59-60(42-50)64(54-39-28-48(29-40-54)45-18-8-3-9-19-45)62-58-23-13-11-21-56(58)55-20-10-12-22-57(55)61(59)62/h1-42H/i1D,4D,5D,14D,15D.